The first kappa shape index (κ1) is 9.85. The Morgan fingerprint density at radius 2 is 2.00 bits per heavy atom. The van der Waals surface area contributed by atoms with Gasteiger partial charge < -0.3 is 5.32 Å². The van der Waals surface area contributed by atoms with E-state index < -0.39 is 0 Å². The Labute approximate surface area is 82.7 Å². The summed E-state index contributed by atoms with van der Waals surface area (Å²) >= 11 is 11.8. The molecule has 1 unspecified atom stereocenters. The lowest BCUT2D eigenvalue weighted by molar-refractivity contribution is -0.666. The van der Waals surface area contributed by atoms with E-state index >= 15 is 0 Å². The zero-order valence-electron chi connectivity index (χ0n) is 7.14. The van der Waals surface area contributed by atoms with Gasteiger partial charge in [0.15, 0.2) is 0 Å². The Morgan fingerprint density at radius 1 is 1.33 bits per heavy atom. The van der Waals surface area contributed by atoms with E-state index in [1.807, 2.05) is 19.2 Å². The molecule has 0 aromatic heterocycles. The Kier molecular flexibility index (Phi) is 3.39. The van der Waals surface area contributed by atoms with E-state index in [0.717, 1.165) is 10.6 Å². The fraction of sp³-hybridized carbons (Fsp3) is 0.333. The molecule has 3 heteroatoms. The van der Waals surface area contributed by atoms with E-state index in [1.165, 1.54) is 0 Å². The summed E-state index contributed by atoms with van der Waals surface area (Å²) in [6, 6.07) is 5.99. The predicted molar refractivity (Wildman–Crippen MR) is 52.7 cm³/mol. The first-order chi connectivity index (χ1) is 5.65. The summed E-state index contributed by atoms with van der Waals surface area (Å²) in [4.78, 5) is 0. The van der Waals surface area contributed by atoms with Gasteiger partial charge in [-0.1, -0.05) is 29.3 Å². The molecule has 0 spiro atoms. The Bertz CT molecular complexity index is 273. The molecule has 66 valence electrons. The van der Waals surface area contributed by atoms with Gasteiger partial charge in [0.05, 0.1) is 12.1 Å². The van der Waals surface area contributed by atoms with Crippen molar-refractivity contribution in [2.45, 2.75) is 13.0 Å². The summed E-state index contributed by atoms with van der Waals surface area (Å²) in [5.41, 5.74) is 1.13. The van der Waals surface area contributed by atoms with Crippen molar-refractivity contribution >= 4 is 23.2 Å². The summed E-state index contributed by atoms with van der Waals surface area (Å²) in [7, 11) is 2.02. The van der Waals surface area contributed by atoms with Crippen molar-refractivity contribution < 1.29 is 5.32 Å². The largest absolute Gasteiger partial charge is 0.343 e. The lowest BCUT2D eigenvalue weighted by Gasteiger charge is -2.09. The number of quaternary nitrogens is 1. The molecule has 0 aliphatic carbocycles. The minimum absolute atomic E-state index is 0.384. The van der Waals surface area contributed by atoms with Crippen molar-refractivity contribution in [3.8, 4) is 0 Å². The van der Waals surface area contributed by atoms with Gasteiger partial charge in [-0.25, -0.2) is 0 Å². The van der Waals surface area contributed by atoms with E-state index in [9.17, 15) is 0 Å². The average Bonchev–Trinajstić information content (AvgIpc) is 2.03. The van der Waals surface area contributed by atoms with Crippen LogP contribution in [0.4, 0.5) is 0 Å². The van der Waals surface area contributed by atoms with Gasteiger partial charge in [0.25, 0.3) is 0 Å². The minimum Gasteiger partial charge on any atom is -0.343 e. The molecule has 0 radical (unpaired) electrons. The molecule has 1 aromatic rings. The van der Waals surface area contributed by atoms with Crippen LogP contribution in [0, 0.1) is 0 Å². The monoisotopic (exact) mass is 204 g/mol. The zero-order valence-corrected chi connectivity index (χ0v) is 8.65. The van der Waals surface area contributed by atoms with Crippen molar-refractivity contribution in [1.82, 2.24) is 0 Å². The van der Waals surface area contributed by atoms with Crippen LogP contribution < -0.4 is 5.32 Å². The Morgan fingerprint density at radius 3 is 2.50 bits per heavy atom. The highest BCUT2D eigenvalue weighted by Gasteiger charge is 2.09. The lowest BCUT2D eigenvalue weighted by Crippen LogP contribution is -2.80. The molecule has 0 saturated heterocycles. The highest BCUT2D eigenvalue weighted by Crippen LogP contribution is 2.24. The summed E-state index contributed by atoms with van der Waals surface area (Å²) in [6.45, 7) is 2.11. The summed E-state index contributed by atoms with van der Waals surface area (Å²) in [5.74, 6) is 0. The molecule has 0 fully saturated rings. The molecule has 0 saturated carbocycles. The van der Waals surface area contributed by atoms with Gasteiger partial charge >= 0.3 is 0 Å². The second-order valence-electron chi connectivity index (χ2n) is 2.79. The SMILES string of the molecule is C[NH2+]C(C)c1ccc(Cl)cc1Cl. The average molecular weight is 205 g/mol. The van der Waals surface area contributed by atoms with Crippen LogP contribution in [0.25, 0.3) is 0 Å². The van der Waals surface area contributed by atoms with Gasteiger partial charge in [0.2, 0.25) is 0 Å². The van der Waals surface area contributed by atoms with Crippen molar-refractivity contribution in [1.29, 1.82) is 0 Å². The number of hydrogen-bond acceptors (Lipinski definition) is 0. The molecule has 2 N–H and O–H groups in total. The number of benzene rings is 1. The first-order valence-electron chi connectivity index (χ1n) is 3.89. The highest BCUT2D eigenvalue weighted by atomic mass is 35.5. The Balaban J connectivity index is 3.01. The molecular weight excluding hydrogens is 193 g/mol. The van der Waals surface area contributed by atoms with E-state index in [0.29, 0.717) is 11.1 Å². The molecule has 12 heavy (non-hydrogen) atoms. The van der Waals surface area contributed by atoms with Crippen molar-refractivity contribution in [3.05, 3.63) is 33.8 Å². The molecule has 0 amide bonds. The van der Waals surface area contributed by atoms with Gasteiger partial charge in [0, 0.05) is 10.6 Å². The lowest BCUT2D eigenvalue weighted by atomic mass is 10.1. The normalized spacial score (nSPS) is 13.0. The third kappa shape index (κ3) is 2.13. The van der Waals surface area contributed by atoms with Gasteiger partial charge in [-0.3, -0.25) is 0 Å². The van der Waals surface area contributed by atoms with E-state index in [1.54, 1.807) is 6.07 Å². The van der Waals surface area contributed by atoms with Crippen LogP contribution in [0.1, 0.15) is 18.5 Å². The number of nitrogens with two attached hydrogens (primary N) is 1. The van der Waals surface area contributed by atoms with E-state index in [4.69, 9.17) is 23.2 Å². The highest BCUT2D eigenvalue weighted by molar-refractivity contribution is 6.35. The quantitative estimate of drug-likeness (QED) is 0.762. The molecule has 1 nitrogen and oxygen atoms in total. The first-order valence-corrected chi connectivity index (χ1v) is 4.65. The summed E-state index contributed by atoms with van der Waals surface area (Å²) < 4.78 is 0. The molecule has 1 atom stereocenters. The second-order valence-corrected chi connectivity index (χ2v) is 3.63. The standard InChI is InChI=1S/C9H11Cl2N/c1-6(12-2)8-4-3-7(10)5-9(8)11/h3-6,12H,1-2H3/p+1. The molecular formula is C9H12Cl2N+. The minimum atomic E-state index is 0.384. The van der Waals surface area contributed by atoms with Crippen molar-refractivity contribution in [2.24, 2.45) is 0 Å². The maximum Gasteiger partial charge on any atom is 0.110 e. The zero-order chi connectivity index (χ0) is 9.14. The van der Waals surface area contributed by atoms with Crippen LogP contribution in [-0.2, 0) is 0 Å². The molecule has 0 aliphatic rings. The van der Waals surface area contributed by atoms with E-state index in [2.05, 4.69) is 12.2 Å². The molecule has 0 aliphatic heterocycles. The van der Waals surface area contributed by atoms with Crippen LogP contribution in [0.3, 0.4) is 0 Å². The predicted octanol–water partition coefficient (Wildman–Crippen LogP) is 2.25. The van der Waals surface area contributed by atoms with Gasteiger partial charge in [-0.15, -0.1) is 0 Å². The smallest absolute Gasteiger partial charge is 0.110 e. The van der Waals surface area contributed by atoms with Gasteiger partial charge in [-0.2, -0.15) is 0 Å². The topological polar surface area (TPSA) is 16.6 Å². The van der Waals surface area contributed by atoms with Crippen molar-refractivity contribution in [3.63, 3.8) is 0 Å². The fourth-order valence-corrected chi connectivity index (χ4v) is 1.63. The number of rotatable bonds is 2. The van der Waals surface area contributed by atoms with Crippen LogP contribution in [0.5, 0.6) is 0 Å². The van der Waals surface area contributed by atoms with Crippen LogP contribution >= 0.6 is 23.2 Å². The molecule has 0 heterocycles. The second kappa shape index (κ2) is 4.13. The maximum absolute atomic E-state index is 6.00. The molecule has 1 rings (SSSR count). The molecule has 0 bridgehead atoms. The number of halogens is 2. The van der Waals surface area contributed by atoms with Crippen LogP contribution in [0.2, 0.25) is 10.0 Å². The van der Waals surface area contributed by atoms with Gasteiger partial charge in [0.1, 0.15) is 6.04 Å². The van der Waals surface area contributed by atoms with Gasteiger partial charge in [-0.05, 0) is 19.1 Å². The summed E-state index contributed by atoms with van der Waals surface area (Å²) in [6.07, 6.45) is 0. The third-order valence-corrected chi connectivity index (χ3v) is 2.52. The van der Waals surface area contributed by atoms with E-state index in [-0.39, 0.29) is 0 Å². The summed E-state index contributed by atoms with van der Waals surface area (Å²) in [5, 5.41) is 3.54. The van der Waals surface area contributed by atoms with Crippen LogP contribution in [-0.4, -0.2) is 7.05 Å². The maximum atomic E-state index is 6.00. The number of hydrogen-bond donors (Lipinski definition) is 1. The fourth-order valence-electron chi connectivity index (χ4n) is 1.05. The van der Waals surface area contributed by atoms with Crippen molar-refractivity contribution in [2.75, 3.05) is 7.05 Å². The molecule has 1 aromatic carbocycles. The third-order valence-electron chi connectivity index (χ3n) is 1.95. The Hall–Kier alpha value is -0.240. The van der Waals surface area contributed by atoms with Crippen LogP contribution in [0.15, 0.2) is 18.2 Å².